The molecule has 0 amide bonds. The predicted octanol–water partition coefficient (Wildman–Crippen LogP) is 3.65. The van der Waals surface area contributed by atoms with Crippen LogP contribution in [0, 0.1) is 5.41 Å². The summed E-state index contributed by atoms with van der Waals surface area (Å²) in [6.07, 6.45) is 3.47. The van der Waals surface area contributed by atoms with Crippen molar-refractivity contribution < 1.29 is 0 Å². The molecule has 0 saturated carbocycles. The van der Waals surface area contributed by atoms with Crippen molar-refractivity contribution in [1.82, 2.24) is 5.32 Å². The first-order valence-corrected chi connectivity index (χ1v) is 8.55. The lowest BCUT2D eigenvalue weighted by Gasteiger charge is -2.31. The minimum absolute atomic E-state index is 0.270. The van der Waals surface area contributed by atoms with Gasteiger partial charge in [0.15, 0.2) is 5.17 Å². The minimum atomic E-state index is 0.270. The summed E-state index contributed by atoms with van der Waals surface area (Å²) in [6, 6.07) is 9.77. The molecule has 1 unspecified atom stereocenters. The number of nitrogens with zero attached hydrogens (tertiary/aromatic N) is 1. The zero-order chi connectivity index (χ0) is 14.2. The van der Waals surface area contributed by atoms with E-state index in [0.29, 0.717) is 12.1 Å². The van der Waals surface area contributed by atoms with Crippen LogP contribution in [0.2, 0.25) is 0 Å². The molecule has 0 bridgehead atoms. The average molecular weight is 288 g/mol. The van der Waals surface area contributed by atoms with Gasteiger partial charge >= 0.3 is 0 Å². The van der Waals surface area contributed by atoms with Gasteiger partial charge in [-0.05, 0) is 35.8 Å². The summed E-state index contributed by atoms with van der Waals surface area (Å²) in [5, 5.41) is 4.84. The van der Waals surface area contributed by atoms with Gasteiger partial charge in [-0.1, -0.05) is 56.8 Å². The number of hydrogen-bond donors (Lipinski definition) is 1. The van der Waals surface area contributed by atoms with Gasteiger partial charge in [-0.3, -0.25) is 4.99 Å². The Morgan fingerprint density at radius 3 is 2.40 bits per heavy atom. The molecule has 0 radical (unpaired) electrons. The van der Waals surface area contributed by atoms with E-state index in [2.05, 4.69) is 50.4 Å². The van der Waals surface area contributed by atoms with Crippen LogP contribution in [0.15, 0.2) is 29.3 Å². The molecule has 1 aromatic rings. The third kappa shape index (κ3) is 3.03. The maximum atomic E-state index is 4.95. The largest absolute Gasteiger partial charge is 0.362 e. The summed E-state index contributed by atoms with van der Waals surface area (Å²) in [7, 11) is 0. The SMILES string of the molecule is CC(C)(C)C1CCSC(NC2Cc3ccccc3C2)=N1. The Kier molecular flexibility index (Phi) is 3.80. The van der Waals surface area contributed by atoms with E-state index in [1.54, 1.807) is 0 Å². The summed E-state index contributed by atoms with van der Waals surface area (Å²) in [5.74, 6) is 1.19. The fourth-order valence-electron chi connectivity index (χ4n) is 3.05. The summed E-state index contributed by atoms with van der Waals surface area (Å²) in [4.78, 5) is 4.95. The monoisotopic (exact) mass is 288 g/mol. The van der Waals surface area contributed by atoms with Gasteiger partial charge in [0, 0.05) is 11.8 Å². The lowest BCUT2D eigenvalue weighted by Crippen LogP contribution is -2.38. The van der Waals surface area contributed by atoms with Crippen LogP contribution in [0.25, 0.3) is 0 Å². The van der Waals surface area contributed by atoms with Gasteiger partial charge in [-0.15, -0.1) is 0 Å². The first-order chi connectivity index (χ1) is 9.52. The molecule has 1 aliphatic heterocycles. The van der Waals surface area contributed by atoms with E-state index in [4.69, 9.17) is 4.99 Å². The Bertz CT molecular complexity index is 491. The van der Waals surface area contributed by atoms with Crippen molar-refractivity contribution >= 4 is 16.9 Å². The highest BCUT2D eigenvalue weighted by atomic mass is 32.2. The molecule has 0 fully saturated rings. The van der Waals surface area contributed by atoms with Crippen molar-refractivity contribution in [2.45, 2.75) is 52.1 Å². The second kappa shape index (κ2) is 5.44. The van der Waals surface area contributed by atoms with E-state index < -0.39 is 0 Å². The van der Waals surface area contributed by atoms with Gasteiger partial charge in [0.25, 0.3) is 0 Å². The van der Waals surface area contributed by atoms with Crippen molar-refractivity contribution in [2.75, 3.05) is 5.75 Å². The molecule has 3 rings (SSSR count). The fraction of sp³-hybridized carbons (Fsp3) is 0.588. The third-order valence-electron chi connectivity index (χ3n) is 4.28. The number of benzene rings is 1. The van der Waals surface area contributed by atoms with Crippen molar-refractivity contribution in [1.29, 1.82) is 0 Å². The number of thioether (sulfide) groups is 1. The number of fused-ring (bicyclic) bond motifs is 1. The summed E-state index contributed by atoms with van der Waals surface area (Å²) >= 11 is 1.89. The third-order valence-corrected chi connectivity index (χ3v) is 5.22. The van der Waals surface area contributed by atoms with Crippen LogP contribution >= 0.6 is 11.8 Å². The van der Waals surface area contributed by atoms with Gasteiger partial charge < -0.3 is 5.32 Å². The molecule has 1 aliphatic carbocycles. The molecular formula is C17H24N2S. The van der Waals surface area contributed by atoms with Crippen LogP contribution in [-0.2, 0) is 12.8 Å². The zero-order valence-corrected chi connectivity index (χ0v) is 13.5. The summed E-state index contributed by atoms with van der Waals surface area (Å²) in [5.41, 5.74) is 3.27. The lowest BCUT2D eigenvalue weighted by molar-refractivity contribution is 0.315. The Morgan fingerprint density at radius 1 is 1.15 bits per heavy atom. The Labute approximate surface area is 126 Å². The molecule has 0 saturated heterocycles. The number of amidine groups is 1. The van der Waals surface area contributed by atoms with Crippen LogP contribution in [0.1, 0.15) is 38.3 Å². The Balaban J connectivity index is 1.66. The first-order valence-electron chi connectivity index (χ1n) is 7.56. The molecule has 2 aliphatic rings. The maximum absolute atomic E-state index is 4.95. The van der Waals surface area contributed by atoms with Crippen LogP contribution in [-0.4, -0.2) is 23.0 Å². The van der Waals surface area contributed by atoms with Gasteiger partial charge in [-0.2, -0.15) is 0 Å². The molecule has 1 heterocycles. The van der Waals surface area contributed by atoms with Crippen molar-refractivity contribution in [3.8, 4) is 0 Å². The van der Waals surface area contributed by atoms with Gasteiger partial charge in [-0.25, -0.2) is 0 Å². The zero-order valence-electron chi connectivity index (χ0n) is 12.6. The van der Waals surface area contributed by atoms with E-state index in [1.807, 2.05) is 11.8 Å². The van der Waals surface area contributed by atoms with Crippen molar-refractivity contribution in [3.05, 3.63) is 35.4 Å². The van der Waals surface area contributed by atoms with Gasteiger partial charge in [0.05, 0.1) is 6.04 Å². The number of nitrogens with one attached hydrogen (secondary N) is 1. The molecule has 1 aromatic carbocycles. The highest BCUT2D eigenvalue weighted by Crippen LogP contribution is 2.31. The minimum Gasteiger partial charge on any atom is -0.362 e. The van der Waals surface area contributed by atoms with E-state index in [1.165, 1.54) is 23.3 Å². The average Bonchev–Trinajstić information content (AvgIpc) is 2.80. The Hall–Kier alpha value is -0.960. The van der Waals surface area contributed by atoms with Crippen molar-refractivity contribution in [2.24, 2.45) is 10.4 Å². The van der Waals surface area contributed by atoms with E-state index in [0.717, 1.165) is 18.0 Å². The van der Waals surface area contributed by atoms with Crippen molar-refractivity contribution in [3.63, 3.8) is 0 Å². The molecule has 3 heteroatoms. The van der Waals surface area contributed by atoms with E-state index in [9.17, 15) is 0 Å². The van der Waals surface area contributed by atoms with Crippen LogP contribution in [0.3, 0.4) is 0 Å². The first kappa shape index (κ1) is 14.0. The van der Waals surface area contributed by atoms with Crippen LogP contribution < -0.4 is 5.32 Å². The topological polar surface area (TPSA) is 24.4 Å². The molecule has 2 nitrogen and oxygen atoms in total. The molecule has 0 aromatic heterocycles. The van der Waals surface area contributed by atoms with Crippen LogP contribution in [0.4, 0.5) is 0 Å². The number of rotatable bonds is 1. The second-order valence-corrected chi connectivity index (χ2v) is 8.06. The molecule has 1 atom stereocenters. The number of hydrogen-bond acceptors (Lipinski definition) is 3. The van der Waals surface area contributed by atoms with Gasteiger partial charge in [0.2, 0.25) is 0 Å². The summed E-state index contributed by atoms with van der Waals surface area (Å²) < 4.78 is 0. The molecule has 108 valence electrons. The normalized spacial score (nSPS) is 23.4. The lowest BCUT2D eigenvalue weighted by atomic mass is 9.85. The second-order valence-electron chi connectivity index (χ2n) is 6.97. The molecule has 1 N–H and O–H groups in total. The quantitative estimate of drug-likeness (QED) is 0.853. The van der Waals surface area contributed by atoms with E-state index >= 15 is 0 Å². The summed E-state index contributed by atoms with van der Waals surface area (Å²) in [6.45, 7) is 6.88. The van der Waals surface area contributed by atoms with E-state index in [-0.39, 0.29) is 5.41 Å². The van der Waals surface area contributed by atoms with Gasteiger partial charge in [0.1, 0.15) is 0 Å². The maximum Gasteiger partial charge on any atom is 0.157 e. The standard InChI is InChI=1S/C17H24N2S/c1-17(2,3)15-8-9-20-16(19-15)18-14-10-12-6-4-5-7-13(12)11-14/h4-7,14-15H,8-11H2,1-3H3,(H,18,19). The fourth-order valence-corrected chi connectivity index (χ4v) is 4.04. The predicted molar refractivity (Wildman–Crippen MR) is 88.5 cm³/mol. The molecule has 0 spiro atoms. The highest BCUT2D eigenvalue weighted by molar-refractivity contribution is 8.13. The highest BCUT2D eigenvalue weighted by Gasteiger charge is 2.29. The molecular weight excluding hydrogens is 264 g/mol. The smallest absolute Gasteiger partial charge is 0.157 e. The Morgan fingerprint density at radius 2 is 1.80 bits per heavy atom. The number of aliphatic imine (C=N–C) groups is 1. The van der Waals surface area contributed by atoms with Crippen LogP contribution in [0.5, 0.6) is 0 Å². The molecule has 20 heavy (non-hydrogen) atoms.